The lowest BCUT2D eigenvalue weighted by Crippen LogP contribution is -2.55. The number of nitrogens with zero attached hydrogens (tertiary/aromatic N) is 2. The van der Waals surface area contributed by atoms with Crippen molar-refractivity contribution in [1.82, 2.24) is 9.80 Å². The van der Waals surface area contributed by atoms with E-state index in [4.69, 9.17) is 9.84 Å². The van der Waals surface area contributed by atoms with Crippen LogP contribution in [0.3, 0.4) is 0 Å². The van der Waals surface area contributed by atoms with Gasteiger partial charge < -0.3 is 24.7 Å². The molecule has 0 atom stereocenters. The fraction of sp³-hybridized carbons (Fsp3) is 0.391. The van der Waals surface area contributed by atoms with Gasteiger partial charge in [0.2, 0.25) is 0 Å². The molecule has 7 heteroatoms. The Morgan fingerprint density at radius 1 is 0.800 bits per heavy atom. The number of hydrogen-bond acceptors (Lipinski definition) is 5. The Labute approximate surface area is 175 Å². The van der Waals surface area contributed by atoms with E-state index in [2.05, 4.69) is 0 Å². The summed E-state index contributed by atoms with van der Waals surface area (Å²) in [5, 5.41) is 18.4. The molecule has 2 aliphatic rings. The van der Waals surface area contributed by atoms with Crippen LogP contribution >= 0.6 is 0 Å². The molecule has 158 valence electrons. The zero-order valence-electron chi connectivity index (χ0n) is 16.8. The Kier molecular flexibility index (Phi) is 5.85. The van der Waals surface area contributed by atoms with E-state index in [-0.39, 0.29) is 25.0 Å². The van der Waals surface area contributed by atoms with Crippen molar-refractivity contribution in [3.8, 4) is 0 Å². The molecule has 0 saturated carbocycles. The van der Waals surface area contributed by atoms with E-state index < -0.39 is 5.72 Å². The minimum absolute atomic E-state index is 0.0510. The molecule has 7 nitrogen and oxygen atoms in total. The maximum Gasteiger partial charge on any atom is 0.256 e. The molecule has 0 bridgehead atoms. The molecule has 2 N–H and O–H groups in total. The average molecular weight is 410 g/mol. The van der Waals surface area contributed by atoms with Crippen LogP contribution in [-0.4, -0.2) is 63.8 Å². The first-order valence-electron chi connectivity index (χ1n) is 10.2. The van der Waals surface area contributed by atoms with E-state index in [0.717, 1.165) is 11.1 Å². The third-order valence-corrected chi connectivity index (χ3v) is 6.02. The van der Waals surface area contributed by atoms with Crippen LogP contribution in [-0.2, 0) is 18.0 Å². The van der Waals surface area contributed by atoms with Crippen LogP contribution in [0, 0.1) is 0 Å². The molecule has 2 aromatic carbocycles. The molecule has 0 radical (unpaired) electrons. The van der Waals surface area contributed by atoms with E-state index in [0.29, 0.717) is 50.2 Å². The Morgan fingerprint density at radius 3 is 1.80 bits per heavy atom. The Morgan fingerprint density at radius 2 is 1.30 bits per heavy atom. The van der Waals surface area contributed by atoms with Gasteiger partial charge in [-0.05, 0) is 35.4 Å². The standard InChI is InChI=1S/C23H26N2O5/c26-15-17-1-5-19(6-2-17)21(28)24-11-9-23(10-12-24)25(13-14-30-23)22(29)20-7-3-18(16-27)4-8-20/h1-8,26-27H,9-16H2. The number of likely N-dealkylation sites (tertiary alicyclic amines) is 1. The molecule has 0 aliphatic carbocycles. The topological polar surface area (TPSA) is 90.3 Å². The van der Waals surface area contributed by atoms with Crippen LogP contribution in [0.25, 0.3) is 0 Å². The van der Waals surface area contributed by atoms with Crippen LogP contribution in [0.2, 0.25) is 0 Å². The number of aliphatic hydroxyl groups excluding tert-OH is 2. The van der Waals surface area contributed by atoms with Crippen LogP contribution in [0.1, 0.15) is 44.7 Å². The molecule has 2 aliphatic heterocycles. The predicted octanol–water partition coefficient (Wildman–Crippen LogP) is 1.78. The molecule has 2 saturated heterocycles. The largest absolute Gasteiger partial charge is 0.392 e. The second kappa shape index (κ2) is 8.55. The molecular formula is C23H26N2O5. The summed E-state index contributed by atoms with van der Waals surface area (Å²) in [5.74, 6) is -0.138. The smallest absolute Gasteiger partial charge is 0.256 e. The van der Waals surface area contributed by atoms with Crippen molar-refractivity contribution < 1.29 is 24.5 Å². The van der Waals surface area contributed by atoms with Gasteiger partial charge in [0.05, 0.1) is 19.8 Å². The number of piperidine rings is 1. The molecule has 0 unspecified atom stereocenters. The summed E-state index contributed by atoms with van der Waals surface area (Å²) in [4.78, 5) is 29.5. The highest BCUT2D eigenvalue weighted by Gasteiger charge is 2.47. The SMILES string of the molecule is O=C(c1ccc(CO)cc1)N1CCC2(CC1)OCCN2C(=O)c1ccc(CO)cc1. The Hall–Kier alpha value is -2.74. The van der Waals surface area contributed by atoms with E-state index in [1.807, 2.05) is 0 Å². The molecule has 1 spiro atoms. The Bertz CT molecular complexity index is 902. The molecule has 2 amide bonds. The van der Waals surface area contributed by atoms with Gasteiger partial charge in [0.15, 0.2) is 0 Å². The molecule has 2 fully saturated rings. The van der Waals surface area contributed by atoms with E-state index in [9.17, 15) is 14.7 Å². The first-order chi connectivity index (χ1) is 14.6. The fourth-order valence-electron chi connectivity index (χ4n) is 4.21. The third-order valence-electron chi connectivity index (χ3n) is 6.02. The van der Waals surface area contributed by atoms with Crippen LogP contribution < -0.4 is 0 Å². The minimum atomic E-state index is -0.676. The van der Waals surface area contributed by atoms with Crippen molar-refractivity contribution >= 4 is 11.8 Å². The van der Waals surface area contributed by atoms with Gasteiger partial charge in [0, 0.05) is 43.6 Å². The van der Waals surface area contributed by atoms with E-state index >= 15 is 0 Å². The molecule has 30 heavy (non-hydrogen) atoms. The zero-order chi connectivity index (χ0) is 21.1. The van der Waals surface area contributed by atoms with Crippen LogP contribution in [0.4, 0.5) is 0 Å². The highest BCUT2D eigenvalue weighted by molar-refractivity contribution is 5.95. The van der Waals surface area contributed by atoms with Crippen molar-refractivity contribution in [3.63, 3.8) is 0 Å². The first kappa shape index (κ1) is 20.5. The monoisotopic (exact) mass is 410 g/mol. The van der Waals surface area contributed by atoms with Gasteiger partial charge in [-0.2, -0.15) is 0 Å². The van der Waals surface area contributed by atoms with Crippen molar-refractivity contribution in [2.45, 2.75) is 31.8 Å². The quantitative estimate of drug-likeness (QED) is 0.802. The lowest BCUT2D eigenvalue weighted by atomic mass is 9.97. The summed E-state index contributed by atoms with van der Waals surface area (Å²) in [5.41, 5.74) is 2.01. The molecule has 2 heterocycles. The second-order valence-corrected chi connectivity index (χ2v) is 7.75. The fourth-order valence-corrected chi connectivity index (χ4v) is 4.21. The second-order valence-electron chi connectivity index (χ2n) is 7.75. The number of benzene rings is 2. The molecule has 4 rings (SSSR count). The predicted molar refractivity (Wildman–Crippen MR) is 110 cm³/mol. The van der Waals surface area contributed by atoms with Crippen molar-refractivity contribution in [3.05, 3.63) is 70.8 Å². The van der Waals surface area contributed by atoms with E-state index in [1.165, 1.54) is 0 Å². The van der Waals surface area contributed by atoms with Gasteiger partial charge in [-0.15, -0.1) is 0 Å². The summed E-state index contributed by atoms with van der Waals surface area (Å²) >= 11 is 0. The van der Waals surface area contributed by atoms with Crippen molar-refractivity contribution in [1.29, 1.82) is 0 Å². The minimum Gasteiger partial charge on any atom is -0.392 e. The summed E-state index contributed by atoms with van der Waals surface area (Å²) < 4.78 is 6.04. The highest BCUT2D eigenvalue weighted by atomic mass is 16.5. The zero-order valence-corrected chi connectivity index (χ0v) is 16.8. The van der Waals surface area contributed by atoms with Gasteiger partial charge in [0.1, 0.15) is 5.72 Å². The number of carbonyl (C=O) groups is 2. The van der Waals surface area contributed by atoms with Gasteiger partial charge >= 0.3 is 0 Å². The lowest BCUT2D eigenvalue weighted by Gasteiger charge is -2.43. The number of amides is 2. The number of rotatable bonds is 4. The summed E-state index contributed by atoms with van der Waals surface area (Å²) in [6.45, 7) is 1.91. The van der Waals surface area contributed by atoms with Crippen molar-refractivity contribution in [2.75, 3.05) is 26.2 Å². The highest BCUT2D eigenvalue weighted by Crippen LogP contribution is 2.35. The lowest BCUT2D eigenvalue weighted by molar-refractivity contribution is -0.100. The maximum absolute atomic E-state index is 13.1. The van der Waals surface area contributed by atoms with Gasteiger partial charge in [-0.25, -0.2) is 0 Å². The van der Waals surface area contributed by atoms with Gasteiger partial charge in [-0.3, -0.25) is 9.59 Å². The number of hydrogen-bond donors (Lipinski definition) is 2. The number of ether oxygens (including phenoxy) is 1. The summed E-state index contributed by atoms with van der Waals surface area (Å²) in [6, 6.07) is 13.9. The molecular weight excluding hydrogens is 384 g/mol. The molecule has 2 aromatic rings. The summed E-state index contributed by atoms with van der Waals surface area (Å²) in [6.07, 6.45) is 1.13. The molecule has 0 aromatic heterocycles. The van der Waals surface area contributed by atoms with Gasteiger partial charge in [-0.1, -0.05) is 24.3 Å². The van der Waals surface area contributed by atoms with E-state index in [1.54, 1.807) is 58.3 Å². The first-order valence-corrected chi connectivity index (χ1v) is 10.2. The van der Waals surface area contributed by atoms with Crippen LogP contribution in [0.5, 0.6) is 0 Å². The van der Waals surface area contributed by atoms with Crippen molar-refractivity contribution in [2.24, 2.45) is 0 Å². The normalized spacial score (nSPS) is 18.1. The maximum atomic E-state index is 13.1. The Balaban J connectivity index is 1.44. The average Bonchev–Trinajstić information content (AvgIpc) is 3.21. The van der Waals surface area contributed by atoms with Gasteiger partial charge in [0.25, 0.3) is 11.8 Å². The number of carbonyl (C=O) groups excluding carboxylic acids is 2. The third kappa shape index (κ3) is 3.84. The summed E-state index contributed by atoms with van der Waals surface area (Å²) in [7, 11) is 0. The number of aliphatic hydroxyl groups is 2. The van der Waals surface area contributed by atoms with Crippen LogP contribution in [0.15, 0.2) is 48.5 Å².